The maximum atomic E-state index is 13.5. The Morgan fingerprint density at radius 1 is 0.853 bits per heavy atom. The lowest BCUT2D eigenvalue weighted by Gasteiger charge is -2.10. The Balaban J connectivity index is 1.35. The number of rotatable bonds is 8. The first-order valence-electron chi connectivity index (χ1n) is 10.3. The summed E-state index contributed by atoms with van der Waals surface area (Å²) < 4.78 is 25.0. The quantitative estimate of drug-likeness (QED) is 0.245. The Bertz CT molecular complexity index is 1290. The summed E-state index contributed by atoms with van der Waals surface area (Å²) in [5.41, 5.74) is 0.609. The smallest absolute Gasteiger partial charge is 0.282 e. The summed E-state index contributed by atoms with van der Waals surface area (Å²) in [6, 6.07) is 26.2. The van der Waals surface area contributed by atoms with Crippen LogP contribution in [0.1, 0.15) is 15.9 Å². The van der Waals surface area contributed by atoms with Crippen molar-refractivity contribution in [3.8, 4) is 17.2 Å². The van der Waals surface area contributed by atoms with Crippen molar-refractivity contribution in [1.82, 2.24) is 0 Å². The zero-order valence-corrected chi connectivity index (χ0v) is 17.8. The first kappa shape index (κ1) is 22.5. The average molecular weight is 458 g/mol. The molecular formula is C26H19FN2O5. The number of anilines is 1. The largest absolute Gasteiger partial charge is 0.489 e. The molecule has 0 bridgehead atoms. The molecule has 4 aromatic rings. The number of amides is 1. The van der Waals surface area contributed by atoms with Gasteiger partial charge in [0.15, 0.2) is 0 Å². The lowest BCUT2D eigenvalue weighted by atomic mass is 10.1. The molecule has 0 aliphatic heterocycles. The van der Waals surface area contributed by atoms with Crippen LogP contribution < -0.4 is 14.8 Å². The summed E-state index contributed by atoms with van der Waals surface area (Å²) in [6.07, 6.45) is 0. The molecule has 0 atom stereocenters. The van der Waals surface area contributed by atoms with E-state index in [1.807, 2.05) is 30.3 Å². The van der Waals surface area contributed by atoms with Crippen molar-refractivity contribution < 1.29 is 23.6 Å². The van der Waals surface area contributed by atoms with Gasteiger partial charge < -0.3 is 14.8 Å². The third-order valence-corrected chi connectivity index (χ3v) is 4.82. The van der Waals surface area contributed by atoms with Gasteiger partial charge in [0.05, 0.1) is 4.92 Å². The predicted molar refractivity (Wildman–Crippen MR) is 125 cm³/mol. The minimum absolute atomic E-state index is 0.361. The van der Waals surface area contributed by atoms with E-state index in [-0.39, 0.29) is 5.56 Å². The summed E-state index contributed by atoms with van der Waals surface area (Å²) in [6.45, 7) is 0.465. The third kappa shape index (κ3) is 5.74. The molecule has 0 aromatic heterocycles. The van der Waals surface area contributed by atoms with Crippen LogP contribution in [0.4, 0.5) is 15.8 Å². The zero-order valence-electron chi connectivity index (χ0n) is 17.8. The fraction of sp³-hybridized carbons (Fsp3) is 0.0385. The van der Waals surface area contributed by atoms with E-state index < -0.39 is 22.3 Å². The molecule has 4 rings (SSSR count). The van der Waals surface area contributed by atoms with Gasteiger partial charge in [-0.05, 0) is 66.2 Å². The molecule has 0 aliphatic carbocycles. The number of benzene rings is 4. The maximum Gasteiger partial charge on any atom is 0.282 e. The second-order valence-corrected chi connectivity index (χ2v) is 7.24. The van der Waals surface area contributed by atoms with Crippen molar-refractivity contribution in [3.05, 3.63) is 124 Å². The van der Waals surface area contributed by atoms with Crippen molar-refractivity contribution in [3.63, 3.8) is 0 Å². The number of hydrogen-bond donors (Lipinski definition) is 1. The SMILES string of the molecule is O=C(Nc1ccc(Oc2ccc(OCc3ccccc3)cc2)cc1)c1cc(F)ccc1[N+](=O)[O-]. The van der Waals surface area contributed by atoms with E-state index in [0.29, 0.717) is 29.5 Å². The van der Waals surface area contributed by atoms with E-state index in [2.05, 4.69) is 5.32 Å². The van der Waals surface area contributed by atoms with E-state index >= 15 is 0 Å². The Morgan fingerprint density at radius 2 is 1.47 bits per heavy atom. The highest BCUT2D eigenvalue weighted by molar-refractivity contribution is 6.07. The number of halogens is 1. The number of ether oxygens (including phenoxy) is 2. The van der Waals surface area contributed by atoms with Crippen LogP contribution in [0.3, 0.4) is 0 Å². The highest BCUT2D eigenvalue weighted by atomic mass is 19.1. The molecule has 0 aliphatic rings. The molecule has 8 heteroatoms. The number of carbonyl (C=O) groups is 1. The van der Waals surface area contributed by atoms with Gasteiger partial charge in [-0.1, -0.05) is 30.3 Å². The second-order valence-electron chi connectivity index (χ2n) is 7.24. The van der Waals surface area contributed by atoms with Crippen LogP contribution in [0.15, 0.2) is 97.1 Å². The van der Waals surface area contributed by atoms with Gasteiger partial charge in [0.1, 0.15) is 35.2 Å². The summed E-state index contributed by atoms with van der Waals surface area (Å²) >= 11 is 0. The molecule has 34 heavy (non-hydrogen) atoms. The van der Waals surface area contributed by atoms with Gasteiger partial charge in [-0.3, -0.25) is 14.9 Å². The summed E-state index contributed by atoms with van der Waals surface area (Å²) in [5, 5.41) is 13.6. The molecule has 0 spiro atoms. The van der Waals surface area contributed by atoms with Gasteiger partial charge in [0.25, 0.3) is 11.6 Å². The molecule has 170 valence electrons. The normalized spacial score (nSPS) is 10.4. The maximum absolute atomic E-state index is 13.5. The Hall–Kier alpha value is -4.72. The van der Waals surface area contributed by atoms with Crippen LogP contribution in [-0.2, 0) is 6.61 Å². The van der Waals surface area contributed by atoms with Gasteiger partial charge in [-0.15, -0.1) is 0 Å². The topological polar surface area (TPSA) is 90.7 Å². The first-order valence-corrected chi connectivity index (χ1v) is 10.3. The van der Waals surface area contributed by atoms with Gasteiger partial charge >= 0.3 is 0 Å². The fourth-order valence-corrected chi connectivity index (χ4v) is 3.13. The highest BCUT2D eigenvalue weighted by Crippen LogP contribution is 2.26. The standard InChI is InChI=1S/C26H19FN2O5/c27-19-6-15-25(29(31)32)24(16-19)26(30)28-20-7-9-22(10-8-20)34-23-13-11-21(12-14-23)33-17-18-4-2-1-3-5-18/h1-16H,17H2,(H,28,30). The average Bonchev–Trinajstić information content (AvgIpc) is 2.85. The molecule has 0 saturated carbocycles. The van der Waals surface area contributed by atoms with E-state index in [9.17, 15) is 19.3 Å². The van der Waals surface area contributed by atoms with Crippen molar-refractivity contribution in [2.24, 2.45) is 0 Å². The number of nitro groups is 1. The lowest BCUT2D eigenvalue weighted by Crippen LogP contribution is -2.14. The molecule has 0 saturated heterocycles. The number of carbonyl (C=O) groups excluding carboxylic acids is 1. The van der Waals surface area contributed by atoms with Crippen LogP contribution in [0.25, 0.3) is 0 Å². The summed E-state index contributed by atoms with van der Waals surface area (Å²) in [5.74, 6) is 0.301. The van der Waals surface area contributed by atoms with Crippen LogP contribution in [0.2, 0.25) is 0 Å². The number of nitrogens with one attached hydrogen (secondary N) is 1. The third-order valence-electron chi connectivity index (χ3n) is 4.82. The molecule has 0 heterocycles. The molecule has 7 nitrogen and oxygen atoms in total. The van der Waals surface area contributed by atoms with Gasteiger partial charge in [0, 0.05) is 11.8 Å². The van der Waals surface area contributed by atoms with Crippen molar-refractivity contribution in [2.45, 2.75) is 6.61 Å². The van der Waals surface area contributed by atoms with Gasteiger partial charge in [-0.2, -0.15) is 0 Å². The molecule has 0 unspecified atom stereocenters. The minimum Gasteiger partial charge on any atom is -0.489 e. The molecule has 1 N–H and O–H groups in total. The van der Waals surface area contributed by atoms with Crippen LogP contribution in [0.5, 0.6) is 17.2 Å². The Morgan fingerprint density at radius 3 is 2.12 bits per heavy atom. The van der Waals surface area contributed by atoms with Crippen LogP contribution in [0, 0.1) is 15.9 Å². The van der Waals surface area contributed by atoms with E-state index in [4.69, 9.17) is 9.47 Å². The van der Waals surface area contributed by atoms with Crippen molar-refractivity contribution >= 4 is 17.3 Å². The lowest BCUT2D eigenvalue weighted by molar-refractivity contribution is -0.385. The first-order chi connectivity index (χ1) is 16.5. The second kappa shape index (κ2) is 10.3. The summed E-state index contributed by atoms with van der Waals surface area (Å²) in [4.78, 5) is 22.8. The van der Waals surface area contributed by atoms with Gasteiger partial charge in [0.2, 0.25) is 0 Å². The van der Waals surface area contributed by atoms with Gasteiger partial charge in [-0.25, -0.2) is 4.39 Å². The highest BCUT2D eigenvalue weighted by Gasteiger charge is 2.21. The van der Waals surface area contributed by atoms with Crippen LogP contribution >= 0.6 is 0 Å². The fourth-order valence-electron chi connectivity index (χ4n) is 3.13. The zero-order chi connectivity index (χ0) is 23.9. The minimum atomic E-state index is -0.786. The van der Waals surface area contributed by atoms with Crippen molar-refractivity contribution in [2.75, 3.05) is 5.32 Å². The number of nitro benzene ring substituents is 1. The molecule has 1 amide bonds. The molecule has 0 radical (unpaired) electrons. The van der Waals surface area contributed by atoms with E-state index in [1.54, 1.807) is 48.5 Å². The predicted octanol–water partition coefficient (Wildman–Crippen LogP) is 6.36. The summed E-state index contributed by atoms with van der Waals surface area (Å²) in [7, 11) is 0. The Kier molecular flexibility index (Phi) is 6.78. The van der Waals surface area contributed by atoms with Crippen molar-refractivity contribution in [1.29, 1.82) is 0 Å². The number of hydrogen-bond acceptors (Lipinski definition) is 5. The molecule has 0 fully saturated rings. The monoisotopic (exact) mass is 458 g/mol. The Labute approximate surface area is 194 Å². The molecule has 4 aromatic carbocycles. The van der Waals surface area contributed by atoms with Crippen LogP contribution in [-0.4, -0.2) is 10.8 Å². The van der Waals surface area contributed by atoms with E-state index in [1.165, 1.54) is 0 Å². The van der Waals surface area contributed by atoms with E-state index in [0.717, 1.165) is 23.8 Å². The number of nitrogens with zero attached hydrogens (tertiary/aromatic N) is 1. The molecular weight excluding hydrogens is 439 g/mol.